The predicted molar refractivity (Wildman–Crippen MR) is 98.2 cm³/mol. The first-order valence-corrected chi connectivity index (χ1v) is 8.25. The van der Waals surface area contributed by atoms with Crippen molar-refractivity contribution >= 4 is 22.6 Å². The standard InChI is InChI=1S/C19H19N5O2/c1-12(2)24-18-17(11-21-24)16(10-13(3)22-18)19(25)23-14-4-6-15(7-5-14)26-9-8-20/h4-7,10-12H,9H2,1-3H3,(H,23,25). The Hall–Kier alpha value is -3.40. The zero-order valence-corrected chi connectivity index (χ0v) is 14.9. The van der Waals surface area contributed by atoms with Crippen LogP contribution in [0.1, 0.15) is 35.9 Å². The summed E-state index contributed by atoms with van der Waals surface area (Å²) in [6.07, 6.45) is 1.68. The first kappa shape index (κ1) is 17.4. The number of hydrogen-bond donors (Lipinski definition) is 1. The van der Waals surface area contributed by atoms with Crippen LogP contribution in [0.15, 0.2) is 36.5 Å². The summed E-state index contributed by atoms with van der Waals surface area (Å²) in [5.41, 5.74) is 2.62. The monoisotopic (exact) mass is 349 g/mol. The van der Waals surface area contributed by atoms with Gasteiger partial charge in [-0.25, -0.2) is 9.67 Å². The molecule has 0 saturated carbocycles. The van der Waals surface area contributed by atoms with Crippen molar-refractivity contribution in [3.63, 3.8) is 0 Å². The molecule has 0 aliphatic carbocycles. The van der Waals surface area contributed by atoms with E-state index < -0.39 is 0 Å². The second-order valence-electron chi connectivity index (χ2n) is 6.16. The summed E-state index contributed by atoms with van der Waals surface area (Å²) in [5, 5.41) is 16.5. The molecular formula is C19H19N5O2. The fraction of sp³-hybridized carbons (Fsp3) is 0.263. The Morgan fingerprint density at radius 1 is 1.35 bits per heavy atom. The molecule has 0 spiro atoms. The van der Waals surface area contributed by atoms with Crippen LogP contribution < -0.4 is 10.1 Å². The third kappa shape index (κ3) is 3.49. The van der Waals surface area contributed by atoms with E-state index in [1.807, 2.05) is 26.8 Å². The molecule has 2 heterocycles. The SMILES string of the molecule is Cc1cc(C(=O)Nc2ccc(OCC#N)cc2)c2cnn(C(C)C)c2n1. The quantitative estimate of drug-likeness (QED) is 0.761. The number of benzene rings is 1. The normalized spacial score (nSPS) is 10.7. The number of carbonyl (C=O) groups excluding carboxylic acids is 1. The molecule has 3 rings (SSSR count). The van der Waals surface area contributed by atoms with E-state index in [1.165, 1.54) is 0 Å². The average Bonchev–Trinajstić information content (AvgIpc) is 3.04. The second kappa shape index (κ2) is 7.23. The largest absolute Gasteiger partial charge is 0.479 e. The van der Waals surface area contributed by atoms with Crippen molar-refractivity contribution in [3.8, 4) is 11.8 Å². The lowest BCUT2D eigenvalue weighted by Crippen LogP contribution is -2.13. The summed E-state index contributed by atoms with van der Waals surface area (Å²) >= 11 is 0. The zero-order chi connectivity index (χ0) is 18.7. The second-order valence-corrected chi connectivity index (χ2v) is 6.16. The van der Waals surface area contributed by atoms with Gasteiger partial charge < -0.3 is 10.1 Å². The van der Waals surface area contributed by atoms with Gasteiger partial charge in [-0.15, -0.1) is 0 Å². The van der Waals surface area contributed by atoms with E-state index in [4.69, 9.17) is 10.00 Å². The van der Waals surface area contributed by atoms with Gasteiger partial charge in [-0.2, -0.15) is 10.4 Å². The van der Waals surface area contributed by atoms with Gasteiger partial charge in [-0.05, 0) is 51.1 Å². The number of hydrogen-bond acceptors (Lipinski definition) is 5. The van der Waals surface area contributed by atoms with Crippen molar-refractivity contribution < 1.29 is 9.53 Å². The van der Waals surface area contributed by atoms with Crippen LogP contribution in [0.3, 0.4) is 0 Å². The number of rotatable bonds is 5. The molecule has 1 N–H and O–H groups in total. The Morgan fingerprint density at radius 3 is 2.73 bits per heavy atom. The average molecular weight is 349 g/mol. The molecule has 0 aliphatic rings. The van der Waals surface area contributed by atoms with Gasteiger partial charge in [-0.1, -0.05) is 0 Å². The summed E-state index contributed by atoms with van der Waals surface area (Å²) in [6, 6.07) is 10.7. The molecule has 0 fully saturated rings. The fourth-order valence-corrected chi connectivity index (χ4v) is 2.66. The molecule has 0 bridgehead atoms. The van der Waals surface area contributed by atoms with Crippen molar-refractivity contribution in [1.82, 2.24) is 14.8 Å². The van der Waals surface area contributed by atoms with Crippen LogP contribution in [0.5, 0.6) is 5.75 Å². The van der Waals surface area contributed by atoms with Gasteiger partial charge in [0.25, 0.3) is 5.91 Å². The van der Waals surface area contributed by atoms with Gasteiger partial charge >= 0.3 is 0 Å². The summed E-state index contributed by atoms with van der Waals surface area (Å²) in [7, 11) is 0. The van der Waals surface area contributed by atoms with Crippen LogP contribution in [0.25, 0.3) is 11.0 Å². The van der Waals surface area contributed by atoms with E-state index >= 15 is 0 Å². The highest BCUT2D eigenvalue weighted by molar-refractivity contribution is 6.12. The lowest BCUT2D eigenvalue weighted by atomic mass is 10.1. The van der Waals surface area contributed by atoms with E-state index in [2.05, 4.69) is 15.4 Å². The molecule has 7 nitrogen and oxygen atoms in total. The topological polar surface area (TPSA) is 92.8 Å². The van der Waals surface area contributed by atoms with Gasteiger partial charge in [0.15, 0.2) is 12.3 Å². The first-order valence-electron chi connectivity index (χ1n) is 8.25. The smallest absolute Gasteiger partial charge is 0.256 e. The Morgan fingerprint density at radius 2 is 2.08 bits per heavy atom. The summed E-state index contributed by atoms with van der Waals surface area (Å²) < 4.78 is 7.01. The minimum absolute atomic E-state index is 0.0141. The van der Waals surface area contributed by atoms with Crippen LogP contribution >= 0.6 is 0 Å². The van der Waals surface area contributed by atoms with E-state index in [9.17, 15) is 4.79 Å². The van der Waals surface area contributed by atoms with Crippen LogP contribution in [0.4, 0.5) is 5.69 Å². The summed E-state index contributed by atoms with van der Waals surface area (Å²) in [5.74, 6) is 0.347. The molecule has 2 aromatic heterocycles. The lowest BCUT2D eigenvalue weighted by Gasteiger charge is -2.10. The molecule has 7 heteroatoms. The number of aryl methyl sites for hydroxylation is 1. The van der Waals surface area contributed by atoms with Crippen LogP contribution in [0.2, 0.25) is 0 Å². The van der Waals surface area contributed by atoms with Crippen molar-refractivity contribution in [1.29, 1.82) is 5.26 Å². The number of nitrogens with zero attached hydrogens (tertiary/aromatic N) is 4. The summed E-state index contributed by atoms with van der Waals surface area (Å²) in [6.45, 7) is 5.88. The predicted octanol–water partition coefficient (Wildman–Crippen LogP) is 3.48. The number of nitriles is 1. The zero-order valence-electron chi connectivity index (χ0n) is 14.9. The van der Waals surface area contributed by atoms with Crippen molar-refractivity contribution in [2.24, 2.45) is 0 Å². The van der Waals surface area contributed by atoms with Gasteiger partial charge in [0.05, 0.1) is 17.1 Å². The number of aromatic nitrogens is 3. The molecule has 0 aliphatic heterocycles. The number of amides is 1. The van der Waals surface area contributed by atoms with Crippen LogP contribution in [-0.2, 0) is 0 Å². The maximum atomic E-state index is 12.8. The van der Waals surface area contributed by atoms with Gasteiger partial charge in [-0.3, -0.25) is 4.79 Å². The molecule has 132 valence electrons. The molecule has 1 aromatic carbocycles. The molecule has 3 aromatic rings. The van der Waals surface area contributed by atoms with Gasteiger partial charge in [0, 0.05) is 17.4 Å². The number of ether oxygens (including phenoxy) is 1. The van der Waals surface area contributed by atoms with Crippen molar-refractivity contribution in [3.05, 3.63) is 47.8 Å². The number of nitrogens with one attached hydrogen (secondary N) is 1. The van der Waals surface area contributed by atoms with Gasteiger partial charge in [0.2, 0.25) is 0 Å². The Kier molecular flexibility index (Phi) is 4.85. The highest BCUT2D eigenvalue weighted by Gasteiger charge is 2.17. The Bertz CT molecular complexity index is 984. The van der Waals surface area contributed by atoms with Crippen LogP contribution in [0, 0.1) is 18.3 Å². The molecular weight excluding hydrogens is 330 g/mol. The van der Waals surface area contributed by atoms with Crippen molar-refractivity contribution in [2.45, 2.75) is 26.8 Å². The van der Waals surface area contributed by atoms with E-state index in [1.54, 1.807) is 41.2 Å². The van der Waals surface area contributed by atoms with Crippen LogP contribution in [-0.4, -0.2) is 27.3 Å². The maximum absolute atomic E-state index is 12.8. The Balaban J connectivity index is 1.87. The third-order valence-electron chi connectivity index (χ3n) is 3.84. The van der Waals surface area contributed by atoms with E-state index in [-0.39, 0.29) is 18.6 Å². The minimum atomic E-state index is -0.227. The molecule has 0 unspecified atom stereocenters. The number of anilines is 1. The molecule has 0 radical (unpaired) electrons. The number of pyridine rings is 1. The van der Waals surface area contributed by atoms with E-state index in [0.29, 0.717) is 22.6 Å². The lowest BCUT2D eigenvalue weighted by molar-refractivity contribution is 0.102. The van der Waals surface area contributed by atoms with Crippen molar-refractivity contribution in [2.75, 3.05) is 11.9 Å². The molecule has 0 atom stereocenters. The third-order valence-corrected chi connectivity index (χ3v) is 3.84. The highest BCUT2D eigenvalue weighted by atomic mass is 16.5. The molecule has 0 saturated heterocycles. The number of fused-ring (bicyclic) bond motifs is 1. The fourth-order valence-electron chi connectivity index (χ4n) is 2.66. The highest BCUT2D eigenvalue weighted by Crippen LogP contribution is 2.23. The van der Waals surface area contributed by atoms with Gasteiger partial charge in [0.1, 0.15) is 11.8 Å². The minimum Gasteiger partial charge on any atom is -0.479 e. The number of carbonyl (C=O) groups is 1. The first-order chi connectivity index (χ1) is 12.5. The van der Waals surface area contributed by atoms with E-state index in [0.717, 1.165) is 11.1 Å². The Labute approximate surface area is 151 Å². The maximum Gasteiger partial charge on any atom is 0.256 e. The summed E-state index contributed by atoms with van der Waals surface area (Å²) in [4.78, 5) is 17.3. The molecule has 1 amide bonds. The molecule has 26 heavy (non-hydrogen) atoms.